The molecule has 4 rings (SSSR count). The summed E-state index contributed by atoms with van der Waals surface area (Å²) < 4.78 is 30.4. The summed E-state index contributed by atoms with van der Waals surface area (Å²) in [5.74, 6) is -0.121. The van der Waals surface area contributed by atoms with Gasteiger partial charge in [0, 0.05) is 5.69 Å². The molecule has 2 aliphatic rings. The molecule has 3 heterocycles. The molecule has 1 unspecified atom stereocenters. The van der Waals surface area contributed by atoms with Crippen LogP contribution in [0.15, 0.2) is 0 Å². The number of esters is 1. The summed E-state index contributed by atoms with van der Waals surface area (Å²) in [7, 11) is -1.65. The standard InChI is InChI=1S/C16H19N3O4S/c1-9-13-14(16(20)23-2)11-4-3-5-12(11)17-15(13)19(18-9)10-6-7-24(21,22)8-10/h10H,3-8H2,1-2H3. The van der Waals surface area contributed by atoms with Crippen molar-refractivity contribution in [3.63, 3.8) is 0 Å². The third kappa shape index (κ3) is 2.23. The van der Waals surface area contributed by atoms with E-state index in [0.717, 1.165) is 30.5 Å². The van der Waals surface area contributed by atoms with Gasteiger partial charge in [0.2, 0.25) is 0 Å². The first-order valence-electron chi connectivity index (χ1n) is 8.10. The smallest absolute Gasteiger partial charge is 0.339 e. The molecule has 8 heteroatoms. The molecule has 1 saturated heterocycles. The lowest BCUT2D eigenvalue weighted by Gasteiger charge is -2.12. The number of ether oxygens (including phenoxy) is 1. The van der Waals surface area contributed by atoms with Crippen LogP contribution in [0.3, 0.4) is 0 Å². The number of hydrogen-bond donors (Lipinski definition) is 0. The first-order valence-corrected chi connectivity index (χ1v) is 9.92. The van der Waals surface area contributed by atoms with E-state index in [1.165, 1.54) is 7.11 Å². The van der Waals surface area contributed by atoms with Crippen LogP contribution in [-0.2, 0) is 27.4 Å². The SMILES string of the molecule is COC(=O)c1c2c(nc3c1c(C)nn3C1CCS(=O)(=O)C1)CCC2. The van der Waals surface area contributed by atoms with E-state index in [0.29, 0.717) is 28.7 Å². The third-order valence-corrected chi connectivity index (χ3v) is 6.74. The number of carbonyl (C=O) groups is 1. The molecule has 0 amide bonds. The predicted molar refractivity (Wildman–Crippen MR) is 87.9 cm³/mol. The molecule has 2 aromatic heterocycles. The Bertz CT molecular complexity index is 962. The quantitative estimate of drug-likeness (QED) is 0.761. The number of rotatable bonds is 2. The van der Waals surface area contributed by atoms with Gasteiger partial charge in [0.15, 0.2) is 15.5 Å². The van der Waals surface area contributed by atoms with Crippen LogP contribution < -0.4 is 0 Å². The minimum Gasteiger partial charge on any atom is -0.465 e. The second-order valence-corrected chi connectivity index (χ2v) is 8.77. The second-order valence-electron chi connectivity index (χ2n) is 6.54. The van der Waals surface area contributed by atoms with Gasteiger partial charge < -0.3 is 4.74 Å². The minimum atomic E-state index is -3.03. The lowest BCUT2D eigenvalue weighted by Crippen LogP contribution is -2.14. The fourth-order valence-corrected chi connectivity index (χ4v) is 5.58. The Morgan fingerprint density at radius 3 is 2.79 bits per heavy atom. The molecular formula is C16H19N3O4S. The number of methoxy groups -OCH3 is 1. The number of nitrogens with zero attached hydrogens (tertiary/aromatic N) is 3. The highest BCUT2D eigenvalue weighted by molar-refractivity contribution is 7.91. The summed E-state index contributed by atoms with van der Waals surface area (Å²) in [6.45, 7) is 1.83. The number of sulfone groups is 1. The van der Waals surface area contributed by atoms with Crippen molar-refractivity contribution < 1.29 is 17.9 Å². The van der Waals surface area contributed by atoms with Crippen LogP contribution in [0.2, 0.25) is 0 Å². The molecule has 0 saturated carbocycles. The molecule has 0 bridgehead atoms. The highest BCUT2D eigenvalue weighted by Gasteiger charge is 2.34. The molecule has 0 aromatic carbocycles. The average molecular weight is 349 g/mol. The maximum atomic E-state index is 12.4. The zero-order chi connectivity index (χ0) is 17.1. The maximum Gasteiger partial charge on any atom is 0.339 e. The molecule has 0 spiro atoms. The van der Waals surface area contributed by atoms with E-state index in [1.807, 2.05) is 6.92 Å². The summed E-state index contributed by atoms with van der Waals surface area (Å²) in [6.07, 6.45) is 3.13. The number of fused-ring (bicyclic) bond motifs is 2. The van der Waals surface area contributed by atoms with Gasteiger partial charge in [0.25, 0.3) is 0 Å². The monoisotopic (exact) mass is 349 g/mol. The zero-order valence-electron chi connectivity index (χ0n) is 13.7. The summed E-state index contributed by atoms with van der Waals surface area (Å²) in [4.78, 5) is 17.1. The molecule has 128 valence electrons. The molecule has 7 nitrogen and oxygen atoms in total. The Labute approximate surface area is 139 Å². The normalized spacial score (nSPS) is 22.0. The van der Waals surface area contributed by atoms with Gasteiger partial charge in [-0.05, 0) is 38.2 Å². The van der Waals surface area contributed by atoms with Crippen molar-refractivity contribution in [3.8, 4) is 0 Å². The van der Waals surface area contributed by atoms with Gasteiger partial charge in [0.1, 0.15) is 0 Å². The van der Waals surface area contributed by atoms with Gasteiger partial charge in [-0.1, -0.05) is 0 Å². The second kappa shape index (κ2) is 5.27. The van der Waals surface area contributed by atoms with Gasteiger partial charge in [-0.15, -0.1) is 0 Å². The molecule has 1 fully saturated rings. The van der Waals surface area contributed by atoms with Gasteiger partial charge in [0.05, 0.1) is 41.3 Å². The van der Waals surface area contributed by atoms with Crippen molar-refractivity contribution >= 4 is 26.8 Å². The molecule has 0 N–H and O–H groups in total. The van der Waals surface area contributed by atoms with E-state index >= 15 is 0 Å². The highest BCUT2D eigenvalue weighted by Crippen LogP contribution is 2.34. The summed E-state index contributed by atoms with van der Waals surface area (Å²) >= 11 is 0. The zero-order valence-corrected chi connectivity index (χ0v) is 14.5. The lowest BCUT2D eigenvalue weighted by atomic mass is 10.0. The van der Waals surface area contributed by atoms with E-state index in [2.05, 4.69) is 5.10 Å². The molecular weight excluding hydrogens is 330 g/mol. The van der Waals surface area contributed by atoms with Gasteiger partial charge in [-0.2, -0.15) is 5.10 Å². The first-order chi connectivity index (χ1) is 11.4. The fourth-order valence-electron chi connectivity index (χ4n) is 3.88. The number of aromatic nitrogens is 3. The molecule has 1 atom stereocenters. The number of aryl methyl sites for hydroxylation is 2. The third-order valence-electron chi connectivity index (χ3n) is 4.99. The topological polar surface area (TPSA) is 91.2 Å². The van der Waals surface area contributed by atoms with Crippen molar-refractivity contribution in [3.05, 3.63) is 22.5 Å². The maximum absolute atomic E-state index is 12.4. The first kappa shape index (κ1) is 15.6. The van der Waals surface area contributed by atoms with E-state index in [-0.39, 0.29) is 23.5 Å². The summed E-state index contributed by atoms with van der Waals surface area (Å²) in [6, 6.07) is -0.219. The largest absolute Gasteiger partial charge is 0.465 e. The highest BCUT2D eigenvalue weighted by atomic mass is 32.2. The Morgan fingerprint density at radius 2 is 2.12 bits per heavy atom. The van der Waals surface area contributed by atoms with E-state index in [9.17, 15) is 13.2 Å². The molecule has 1 aliphatic carbocycles. The Hall–Kier alpha value is -1.96. The Morgan fingerprint density at radius 1 is 1.33 bits per heavy atom. The molecule has 24 heavy (non-hydrogen) atoms. The molecule has 0 radical (unpaired) electrons. The van der Waals surface area contributed by atoms with Crippen LogP contribution in [0.5, 0.6) is 0 Å². The van der Waals surface area contributed by atoms with Crippen LogP contribution in [0.25, 0.3) is 11.0 Å². The van der Waals surface area contributed by atoms with Crippen molar-refractivity contribution in [2.75, 3.05) is 18.6 Å². The average Bonchev–Trinajstić information content (AvgIpc) is 3.22. The van der Waals surface area contributed by atoms with Crippen LogP contribution >= 0.6 is 0 Å². The predicted octanol–water partition coefficient (Wildman–Crippen LogP) is 1.37. The van der Waals surface area contributed by atoms with E-state index in [1.54, 1.807) is 4.68 Å². The van der Waals surface area contributed by atoms with Crippen LogP contribution in [-0.4, -0.2) is 47.8 Å². The van der Waals surface area contributed by atoms with Gasteiger partial charge in [-0.3, -0.25) is 0 Å². The molecule has 1 aliphatic heterocycles. The van der Waals surface area contributed by atoms with Crippen molar-refractivity contribution in [2.45, 2.75) is 38.6 Å². The van der Waals surface area contributed by atoms with E-state index < -0.39 is 9.84 Å². The number of hydrogen-bond acceptors (Lipinski definition) is 6. The van der Waals surface area contributed by atoms with Crippen LogP contribution in [0.1, 0.15) is 46.2 Å². The van der Waals surface area contributed by atoms with Gasteiger partial charge in [-0.25, -0.2) is 22.9 Å². The Balaban J connectivity index is 1.98. The number of carbonyl (C=O) groups excluding carboxylic acids is 1. The fraction of sp³-hybridized carbons (Fsp3) is 0.562. The van der Waals surface area contributed by atoms with Crippen molar-refractivity contribution in [1.29, 1.82) is 0 Å². The van der Waals surface area contributed by atoms with Crippen LogP contribution in [0.4, 0.5) is 0 Å². The Kier molecular flexibility index (Phi) is 3.42. The lowest BCUT2D eigenvalue weighted by molar-refractivity contribution is 0.0601. The van der Waals surface area contributed by atoms with E-state index in [4.69, 9.17) is 9.72 Å². The van der Waals surface area contributed by atoms with Crippen molar-refractivity contribution in [1.82, 2.24) is 14.8 Å². The molecule has 2 aromatic rings. The summed E-state index contributed by atoms with van der Waals surface area (Å²) in [5.41, 5.74) is 3.72. The summed E-state index contributed by atoms with van der Waals surface area (Å²) in [5, 5.41) is 5.24. The van der Waals surface area contributed by atoms with Crippen molar-refractivity contribution in [2.24, 2.45) is 0 Å². The van der Waals surface area contributed by atoms with Crippen LogP contribution in [0, 0.1) is 6.92 Å². The van der Waals surface area contributed by atoms with Gasteiger partial charge >= 0.3 is 5.97 Å². The number of pyridine rings is 1. The minimum absolute atomic E-state index is 0.0789.